The lowest BCUT2D eigenvalue weighted by atomic mass is 10.1. The zero-order valence-electron chi connectivity index (χ0n) is 11.6. The number of methoxy groups -OCH3 is 1. The third-order valence-corrected chi connectivity index (χ3v) is 4.30. The van der Waals surface area contributed by atoms with E-state index in [9.17, 15) is 0 Å². The van der Waals surface area contributed by atoms with Crippen LogP contribution in [0.4, 0.5) is 0 Å². The number of benzene rings is 1. The molecular formula is C15H22N2O2. The Morgan fingerprint density at radius 1 is 1.42 bits per heavy atom. The molecule has 3 rings (SSSR count). The Bertz CT molecular complexity index is 463. The van der Waals surface area contributed by atoms with Crippen LogP contribution >= 0.6 is 0 Å². The van der Waals surface area contributed by atoms with Gasteiger partial charge in [0.25, 0.3) is 0 Å². The predicted molar refractivity (Wildman–Crippen MR) is 74.4 cm³/mol. The number of fused-ring (bicyclic) bond motifs is 1. The van der Waals surface area contributed by atoms with Gasteiger partial charge in [-0.2, -0.15) is 0 Å². The summed E-state index contributed by atoms with van der Waals surface area (Å²) in [6.45, 7) is 4.89. The highest BCUT2D eigenvalue weighted by Crippen LogP contribution is 2.35. The van der Waals surface area contributed by atoms with E-state index in [1.165, 1.54) is 11.1 Å². The third-order valence-electron chi connectivity index (χ3n) is 4.30. The lowest BCUT2D eigenvalue weighted by Gasteiger charge is -2.37. The van der Waals surface area contributed by atoms with Crippen LogP contribution in [0.1, 0.15) is 24.1 Å². The minimum absolute atomic E-state index is 0.0791. The Kier molecular flexibility index (Phi) is 3.48. The second kappa shape index (κ2) is 5.12. The fourth-order valence-electron chi connectivity index (χ4n) is 3.26. The van der Waals surface area contributed by atoms with E-state index in [0.717, 1.165) is 31.9 Å². The molecule has 3 atom stereocenters. The van der Waals surface area contributed by atoms with Crippen molar-refractivity contribution in [3.05, 3.63) is 29.3 Å². The van der Waals surface area contributed by atoms with Crippen LogP contribution in [-0.4, -0.2) is 43.9 Å². The zero-order valence-corrected chi connectivity index (χ0v) is 11.6. The molecule has 1 aliphatic heterocycles. The Morgan fingerprint density at radius 2 is 2.26 bits per heavy atom. The molecule has 0 amide bonds. The number of rotatable bonds is 2. The van der Waals surface area contributed by atoms with E-state index in [1.807, 2.05) is 6.07 Å². The molecule has 0 spiro atoms. The lowest BCUT2D eigenvalue weighted by Crippen LogP contribution is -2.49. The summed E-state index contributed by atoms with van der Waals surface area (Å²) in [5.41, 5.74) is 9.05. The summed E-state index contributed by atoms with van der Waals surface area (Å²) in [5.74, 6) is 0.894. The van der Waals surface area contributed by atoms with Crippen molar-refractivity contribution in [1.82, 2.24) is 4.90 Å². The molecule has 0 radical (unpaired) electrons. The van der Waals surface area contributed by atoms with Gasteiger partial charge in [0.2, 0.25) is 0 Å². The van der Waals surface area contributed by atoms with Gasteiger partial charge in [0.05, 0.1) is 19.8 Å². The number of morpholine rings is 1. The maximum atomic E-state index is 6.45. The van der Waals surface area contributed by atoms with Crippen molar-refractivity contribution in [2.45, 2.75) is 31.5 Å². The van der Waals surface area contributed by atoms with Crippen LogP contribution in [0.2, 0.25) is 0 Å². The molecule has 1 saturated heterocycles. The fourth-order valence-corrected chi connectivity index (χ4v) is 3.26. The van der Waals surface area contributed by atoms with E-state index >= 15 is 0 Å². The van der Waals surface area contributed by atoms with Crippen molar-refractivity contribution in [2.75, 3.05) is 26.8 Å². The molecule has 0 aromatic heterocycles. The van der Waals surface area contributed by atoms with Crippen LogP contribution in [0, 0.1) is 0 Å². The molecule has 104 valence electrons. The monoisotopic (exact) mass is 262 g/mol. The molecule has 0 bridgehead atoms. The van der Waals surface area contributed by atoms with E-state index < -0.39 is 0 Å². The first-order chi connectivity index (χ1) is 9.19. The Labute approximate surface area is 114 Å². The van der Waals surface area contributed by atoms with E-state index in [1.54, 1.807) is 7.11 Å². The van der Waals surface area contributed by atoms with Crippen LogP contribution in [0.3, 0.4) is 0 Å². The second-order valence-electron chi connectivity index (χ2n) is 5.54. The number of hydrogen-bond acceptors (Lipinski definition) is 4. The van der Waals surface area contributed by atoms with Gasteiger partial charge >= 0.3 is 0 Å². The molecule has 2 N–H and O–H groups in total. The van der Waals surface area contributed by atoms with Gasteiger partial charge < -0.3 is 15.2 Å². The summed E-state index contributed by atoms with van der Waals surface area (Å²) in [6.07, 6.45) is 1.34. The van der Waals surface area contributed by atoms with E-state index in [2.05, 4.69) is 24.0 Å². The normalized spacial score (nSPS) is 31.2. The Balaban J connectivity index is 1.80. The number of nitrogens with two attached hydrogens (primary N) is 1. The molecule has 19 heavy (non-hydrogen) atoms. The average molecular weight is 262 g/mol. The first kappa shape index (κ1) is 12.9. The Hall–Kier alpha value is -1.10. The highest BCUT2D eigenvalue weighted by Gasteiger charge is 2.35. The van der Waals surface area contributed by atoms with Crippen LogP contribution in [0.25, 0.3) is 0 Å². The molecule has 1 heterocycles. The first-order valence-corrected chi connectivity index (χ1v) is 6.97. The molecule has 4 heteroatoms. The summed E-state index contributed by atoms with van der Waals surface area (Å²) < 4.78 is 10.9. The minimum atomic E-state index is 0.0791. The van der Waals surface area contributed by atoms with Crippen molar-refractivity contribution in [3.8, 4) is 5.75 Å². The van der Waals surface area contributed by atoms with Gasteiger partial charge in [0.15, 0.2) is 0 Å². The molecule has 3 unspecified atom stereocenters. The summed E-state index contributed by atoms with van der Waals surface area (Å²) in [5, 5.41) is 0. The average Bonchev–Trinajstić information content (AvgIpc) is 2.76. The largest absolute Gasteiger partial charge is 0.497 e. The van der Waals surface area contributed by atoms with Gasteiger partial charge in [-0.15, -0.1) is 0 Å². The van der Waals surface area contributed by atoms with Crippen molar-refractivity contribution in [3.63, 3.8) is 0 Å². The minimum Gasteiger partial charge on any atom is -0.497 e. The maximum Gasteiger partial charge on any atom is 0.119 e. The predicted octanol–water partition coefficient (Wildman–Crippen LogP) is 1.34. The van der Waals surface area contributed by atoms with Crippen molar-refractivity contribution >= 4 is 0 Å². The van der Waals surface area contributed by atoms with Gasteiger partial charge in [-0.05, 0) is 36.6 Å². The third kappa shape index (κ3) is 2.36. The van der Waals surface area contributed by atoms with E-state index in [0.29, 0.717) is 12.1 Å². The summed E-state index contributed by atoms with van der Waals surface area (Å²) in [6, 6.07) is 6.74. The van der Waals surface area contributed by atoms with Crippen LogP contribution in [-0.2, 0) is 11.2 Å². The van der Waals surface area contributed by atoms with Gasteiger partial charge in [-0.1, -0.05) is 6.07 Å². The molecule has 1 aromatic carbocycles. The quantitative estimate of drug-likeness (QED) is 0.874. The van der Waals surface area contributed by atoms with Crippen LogP contribution in [0.5, 0.6) is 5.75 Å². The molecule has 1 aromatic rings. The number of nitrogens with zero attached hydrogens (tertiary/aromatic N) is 1. The topological polar surface area (TPSA) is 47.7 Å². The van der Waals surface area contributed by atoms with Crippen molar-refractivity contribution in [1.29, 1.82) is 0 Å². The summed E-state index contributed by atoms with van der Waals surface area (Å²) in [4.78, 5) is 2.48. The summed E-state index contributed by atoms with van der Waals surface area (Å²) in [7, 11) is 1.70. The molecule has 0 saturated carbocycles. The SMILES string of the molecule is COc1ccc2c(c1)C(N)C(N1CCOC(C)C1)C2. The van der Waals surface area contributed by atoms with Crippen LogP contribution < -0.4 is 10.5 Å². The maximum absolute atomic E-state index is 6.45. The van der Waals surface area contributed by atoms with Gasteiger partial charge in [0.1, 0.15) is 5.75 Å². The zero-order chi connectivity index (χ0) is 13.4. The lowest BCUT2D eigenvalue weighted by molar-refractivity contribution is -0.0360. The molecule has 1 fully saturated rings. The van der Waals surface area contributed by atoms with Crippen molar-refractivity contribution in [2.24, 2.45) is 5.73 Å². The number of ether oxygens (including phenoxy) is 2. The molecule has 1 aliphatic carbocycles. The van der Waals surface area contributed by atoms with E-state index in [-0.39, 0.29) is 6.04 Å². The highest BCUT2D eigenvalue weighted by atomic mass is 16.5. The first-order valence-electron chi connectivity index (χ1n) is 6.97. The molecular weight excluding hydrogens is 240 g/mol. The van der Waals surface area contributed by atoms with Gasteiger partial charge in [-0.25, -0.2) is 0 Å². The highest BCUT2D eigenvalue weighted by molar-refractivity contribution is 5.42. The Morgan fingerprint density at radius 3 is 3.00 bits per heavy atom. The van der Waals surface area contributed by atoms with Gasteiger partial charge in [0, 0.05) is 25.2 Å². The fraction of sp³-hybridized carbons (Fsp3) is 0.600. The molecule has 2 aliphatic rings. The smallest absolute Gasteiger partial charge is 0.119 e. The van der Waals surface area contributed by atoms with Crippen LogP contribution in [0.15, 0.2) is 18.2 Å². The molecule has 4 nitrogen and oxygen atoms in total. The second-order valence-corrected chi connectivity index (χ2v) is 5.54. The van der Waals surface area contributed by atoms with E-state index in [4.69, 9.17) is 15.2 Å². The number of hydrogen-bond donors (Lipinski definition) is 1. The van der Waals surface area contributed by atoms with Gasteiger partial charge in [-0.3, -0.25) is 4.90 Å². The standard InChI is InChI=1S/C15H22N2O2/c1-10-9-17(5-6-19-10)14-7-11-3-4-12(18-2)8-13(11)15(14)16/h3-4,8,10,14-15H,5-7,9,16H2,1-2H3. The van der Waals surface area contributed by atoms with Crippen molar-refractivity contribution < 1.29 is 9.47 Å². The summed E-state index contributed by atoms with van der Waals surface area (Å²) >= 11 is 0.